The Morgan fingerprint density at radius 1 is 1.24 bits per heavy atom. The largest absolute Gasteiger partial charge is 0.360 e. The van der Waals surface area contributed by atoms with Crippen LogP contribution in [0.5, 0.6) is 0 Å². The molecule has 3 N–H and O–H groups in total. The Bertz CT molecular complexity index is 1120. The molecule has 2 amide bonds. The van der Waals surface area contributed by atoms with Crippen molar-refractivity contribution in [3.05, 3.63) is 43.8 Å². The summed E-state index contributed by atoms with van der Waals surface area (Å²) >= 11 is 1.08. The number of thiazole rings is 1. The fourth-order valence-corrected chi connectivity index (χ4v) is 3.61. The number of carbonyl (C=O) groups is 2. The summed E-state index contributed by atoms with van der Waals surface area (Å²) < 4.78 is 2.09. The van der Waals surface area contributed by atoms with E-state index in [2.05, 4.69) is 16.0 Å². The number of carbonyl (C=O) groups excluding carboxylic acids is 2. The standard InChI is InChI=1S/C20H23N5O3S/c1-4-17(26)24-14-9-7-8-13(10-14)23-12-16-19(28)25(6-3)20(29-16)15(11-21)18(27)22-5-2/h7-10,12,23H,4-6H2,1-3H3,(H,22,27)(H,24,26). The van der Waals surface area contributed by atoms with Gasteiger partial charge in [-0.3, -0.25) is 19.0 Å². The third-order valence-corrected chi connectivity index (χ3v) is 5.08. The van der Waals surface area contributed by atoms with E-state index in [0.717, 1.165) is 11.3 Å². The van der Waals surface area contributed by atoms with Gasteiger partial charge in [0.05, 0.1) is 0 Å². The minimum atomic E-state index is -0.502. The lowest BCUT2D eigenvalue weighted by molar-refractivity contribution is -0.116. The van der Waals surface area contributed by atoms with Crippen molar-refractivity contribution in [2.24, 2.45) is 0 Å². The lowest BCUT2D eigenvalue weighted by Crippen LogP contribution is -2.34. The molecule has 0 aliphatic rings. The molecule has 2 aromatic rings. The van der Waals surface area contributed by atoms with Gasteiger partial charge < -0.3 is 16.0 Å². The van der Waals surface area contributed by atoms with Crippen molar-refractivity contribution in [1.82, 2.24) is 9.88 Å². The topological polar surface area (TPSA) is 116 Å². The molecule has 0 atom stereocenters. The number of amides is 2. The second kappa shape index (κ2) is 10.2. The quantitative estimate of drug-likeness (QED) is 0.625. The van der Waals surface area contributed by atoms with Gasteiger partial charge in [0.25, 0.3) is 11.5 Å². The molecule has 8 nitrogen and oxygen atoms in total. The molecule has 2 rings (SSSR count). The molecule has 29 heavy (non-hydrogen) atoms. The van der Waals surface area contributed by atoms with Crippen LogP contribution in [0.4, 0.5) is 11.4 Å². The first-order chi connectivity index (χ1) is 13.9. The van der Waals surface area contributed by atoms with Crippen LogP contribution in [0.15, 0.2) is 29.1 Å². The monoisotopic (exact) mass is 413 g/mol. The van der Waals surface area contributed by atoms with E-state index in [0.29, 0.717) is 40.1 Å². The van der Waals surface area contributed by atoms with Crippen LogP contribution in [-0.4, -0.2) is 22.9 Å². The van der Waals surface area contributed by atoms with E-state index >= 15 is 0 Å². The maximum absolute atomic E-state index is 12.7. The van der Waals surface area contributed by atoms with Crippen molar-refractivity contribution in [2.45, 2.75) is 33.7 Å². The second-order valence-corrected chi connectivity index (χ2v) is 6.97. The van der Waals surface area contributed by atoms with E-state index < -0.39 is 5.91 Å². The molecule has 0 aliphatic carbocycles. The van der Waals surface area contributed by atoms with Gasteiger partial charge in [0.1, 0.15) is 15.3 Å². The number of hydrogen-bond acceptors (Lipinski definition) is 6. The Balaban J connectivity index is 2.46. The molecule has 0 bridgehead atoms. The maximum atomic E-state index is 12.7. The summed E-state index contributed by atoms with van der Waals surface area (Å²) in [5.41, 5.74) is 0.959. The van der Waals surface area contributed by atoms with Gasteiger partial charge >= 0.3 is 0 Å². The minimum absolute atomic E-state index is 0.0836. The first-order valence-corrected chi connectivity index (χ1v) is 10.1. The molecule has 152 valence electrons. The number of nitrogens with zero attached hydrogens (tertiary/aromatic N) is 2. The molecule has 0 radical (unpaired) electrons. The second-order valence-electron chi connectivity index (χ2n) is 5.94. The number of hydrogen-bond donors (Lipinski definition) is 3. The number of nitriles is 1. The van der Waals surface area contributed by atoms with E-state index in [4.69, 9.17) is 0 Å². The maximum Gasteiger partial charge on any atom is 0.270 e. The molecule has 0 saturated carbocycles. The van der Waals surface area contributed by atoms with Crippen LogP contribution >= 0.6 is 11.3 Å². The normalized spacial score (nSPS) is 12.1. The Morgan fingerprint density at radius 3 is 2.59 bits per heavy atom. The smallest absolute Gasteiger partial charge is 0.270 e. The van der Waals surface area contributed by atoms with Crippen molar-refractivity contribution in [1.29, 1.82) is 5.26 Å². The third-order valence-electron chi connectivity index (χ3n) is 3.95. The molecule has 9 heteroatoms. The van der Waals surface area contributed by atoms with Crippen molar-refractivity contribution < 1.29 is 9.59 Å². The third kappa shape index (κ3) is 5.33. The predicted octanol–water partition coefficient (Wildman–Crippen LogP) is 0.939. The summed E-state index contributed by atoms with van der Waals surface area (Å²) in [6, 6.07) is 9.00. The zero-order valence-electron chi connectivity index (χ0n) is 16.5. The number of benzene rings is 1. The van der Waals surface area contributed by atoms with Gasteiger partial charge in [-0.05, 0) is 32.0 Å². The molecule has 0 unspecified atom stereocenters. The van der Waals surface area contributed by atoms with E-state index in [9.17, 15) is 19.6 Å². The SMILES string of the molecule is CCNC(=O)C(C#N)=c1sc(=CNc2cccc(NC(=O)CC)c2)c(=O)n1CC. The van der Waals surface area contributed by atoms with E-state index in [1.54, 1.807) is 45.0 Å². The van der Waals surface area contributed by atoms with Gasteiger partial charge in [-0.15, -0.1) is 11.3 Å². The zero-order valence-corrected chi connectivity index (χ0v) is 17.4. The lowest BCUT2D eigenvalue weighted by atomic mass is 10.2. The number of rotatable bonds is 7. The van der Waals surface area contributed by atoms with Crippen LogP contribution in [0.1, 0.15) is 27.2 Å². The highest BCUT2D eigenvalue weighted by Gasteiger charge is 2.14. The number of anilines is 2. The summed E-state index contributed by atoms with van der Waals surface area (Å²) in [7, 11) is 0. The highest BCUT2D eigenvalue weighted by atomic mass is 32.1. The van der Waals surface area contributed by atoms with Gasteiger partial charge in [-0.1, -0.05) is 13.0 Å². The molecule has 1 heterocycles. The van der Waals surface area contributed by atoms with Crippen molar-refractivity contribution >= 4 is 46.3 Å². The molecule has 0 aliphatic heterocycles. The average Bonchev–Trinajstić information content (AvgIpc) is 3.02. The Hall–Kier alpha value is -3.38. The van der Waals surface area contributed by atoms with Crippen LogP contribution in [-0.2, 0) is 16.1 Å². The summed E-state index contributed by atoms with van der Waals surface area (Å²) in [4.78, 5) is 36.4. The van der Waals surface area contributed by atoms with E-state index in [1.165, 1.54) is 10.8 Å². The summed E-state index contributed by atoms with van der Waals surface area (Å²) in [6.07, 6.45) is 1.91. The van der Waals surface area contributed by atoms with Crippen LogP contribution in [0.3, 0.4) is 0 Å². The molecular formula is C20H23N5O3S. The van der Waals surface area contributed by atoms with E-state index in [-0.39, 0.29) is 17.0 Å². The molecule has 0 fully saturated rings. The molecule has 1 aromatic carbocycles. The molecule has 0 saturated heterocycles. The number of aromatic nitrogens is 1. The highest BCUT2D eigenvalue weighted by Crippen LogP contribution is 2.15. The zero-order chi connectivity index (χ0) is 21.4. The Morgan fingerprint density at radius 2 is 1.97 bits per heavy atom. The Kier molecular flexibility index (Phi) is 7.74. The number of nitrogens with one attached hydrogen (secondary N) is 3. The summed E-state index contributed by atoms with van der Waals surface area (Å²) in [5, 5.41) is 17.8. The fraction of sp³-hybridized carbons (Fsp3) is 0.300. The first-order valence-electron chi connectivity index (χ1n) is 9.23. The van der Waals surface area contributed by atoms with Crippen molar-refractivity contribution in [2.75, 3.05) is 17.2 Å². The van der Waals surface area contributed by atoms with Crippen LogP contribution < -0.4 is 30.7 Å². The van der Waals surface area contributed by atoms with E-state index in [1.807, 2.05) is 6.07 Å². The molecule has 1 aromatic heterocycles. The fourth-order valence-electron chi connectivity index (χ4n) is 2.52. The van der Waals surface area contributed by atoms with Crippen molar-refractivity contribution in [3.63, 3.8) is 0 Å². The van der Waals surface area contributed by atoms with Gasteiger partial charge in [-0.2, -0.15) is 5.26 Å². The highest BCUT2D eigenvalue weighted by molar-refractivity contribution is 7.07. The van der Waals surface area contributed by atoms with Crippen molar-refractivity contribution in [3.8, 4) is 6.07 Å². The predicted molar refractivity (Wildman–Crippen MR) is 115 cm³/mol. The van der Waals surface area contributed by atoms with Gasteiger partial charge in [0.2, 0.25) is 5.91 Å². The van der Waals surface area contributed by atoms with Crippen LogP contribution in [0.2, 0.25) is 0 Å². The molecule has 0 spiro atoms. The van der Waals surface area contributed by atoms with Gasteiger partial charge in [0.15, 0.2) is 5.57 Å². The molecular weight excluding hydrogens is 390 g/mol. The first kappa shape index (κ1) is 21.9. The summed E-state index contributed by atoms with van der Waals surface area (Å²) in [5.74, 6) is -0.595. The average molecular weight is 414 g/mol. The van der Waals surface area contributed by atoms with Crippen LogP contribution in [0, 0.1) is 11.3 Å². The van der Waals surface area contributed by atoms with Crippen LogP contribution in [0.25, 0.3) is 11.8 Å². The van der Waals surface area contributed by atoms with Gasteiger partial charge in [0, 0.05) is 37.1 Å². The van der Waals surface area contributed by atoms with Gasteiger partial charge in [-0.25, -0.2) is 0 Å². The Labute approximate surface area is 172 Å². The lowest BCUT2D eigenvalue weighted by Gasteiger charge is -2.06. The minimum Gasteiger partial charge on any atom is -0.360 e. The summed E-state index contributed by atoms with van der Waals surface area (Å²) in [6.45, 7) is 6.03.